The predicted molar refractivity (Wildman–Crippen MR) is 138 cm³/mol. The first kappa shape index (κ1) is 21.8. The molecule has 0 spiro atoms. The summed E-state index contributed by atoms with van der Waals surface area (Å²) in [6.45, 7) is 4.19. The van der Waals surface area contributed by atoms with E-state index in [-0.39, 0.29) is 0 Å². The number of aromatic carboxylic acids is 1. The van der Waals surface area contributed by atoms with E-state index in [0.29, 0.717) is 5.56 Å². The lowest BCUT2D eigenvalue weighted by Crippen LogP contribution is -2.29. The molecule has 170 valence electrons. The van der Waals surface area contributed by atoms with Crippen molar-refractivity contribution in [2.45, 2.75) is 32.1 Å². The number of carbonyl (C=O) groups is 1. The van der Waals surface area contributed by atoms with Crippen LogP contribution in [0.25, 0.3) is 11.1 Å². The van der Waals surface area contributed by atoms with Gasteiger partial charge in [-0.15, -0.1) is 0 Å². The van der Waals surface area contributed by atoms with Gasteiger partial charge >= 0.3 is 5.97 Å². The van der Waals surface area contributed by atoms with Crippen LogP contribution in [-0.2, 0) is 18.3 Å². The second-order valence-electron chi connectivity index (χ2n) is 8.86. The van der Waals surface area contributed by atoms with E-state index >= 15 is 0 Å². The number of nitrogen functional groups attached to an aromatic ring is 2. The standard InChI is InChI=1S/C30H28N2O2/c1-3-18-16-20(12-14-26(18)31)30(21-13-15-27(32)19(4-2)17-21)24-10-6-5-8-22(24)28-23(29(33)34)9-7-11-25(28)30/h5-17H,3-4,31-32H2,1-2H3,(H,33,34). The van der Waals surface area contributed by atoms with Crippen LogP contribution in [0, 0.1) is 0 Å². The van der Waals surface area contributed by atoms with Crippen LogP contribution >= 0.6 is 0 Å². The molecule has 4 aromatic rings. The van der Waals surface area contributed by atoms with E-state index in [2.05, 4.69) is 50.2 Å². The van der Waals surface area contributed by atoms with Gasteiger partial charge < -0.3 is 16.6 Å². The highest BCUT2D eigenvalue weighted by Crippen LogP contribution is 2.57. The van der Waals surface area contributed by atoms with E-state index in [4.69, 9.17) is 11.5 Å². The third-order valence-corrected chi connectivity index (χ3v) is 7.21. The Balaban J connectivity index is 1.99. The zero-order valence-corrected chi connectivity index (χ0v) is 19.4. The highest BCUT2D eigenvalue weighted by Gasteiger charge is 2.47. The number of fused-ring (bicyclic) bond motifs is 3. The fourth-order valence-corrected chi connectivity index (χ4v) is 5.59. The normalized spacial score (nSPS) is 13.4. The van der Waals surface area contributed by atoms with E-state index < -0.39 is 11.4 Å². The lowest BCUT2D eigenvalue weighted by atomic mass is 9.67. The van der Waals surface area contributed by atoms with Crippen LogP contribution in [0.2, 0.25) is 0 Å². The SMILES string of the molecule is CCc1cc(C2(c3ccc(N)c(CC)c3)c3ccccc3-c3c(C(=O)O)cccc32)ccc1N. The maximum Gasteiger partial charge on any atom is 0.336 e. The molecule has 1 aliphatic carbocycles. The van der Waals surface area contributed by atoms with Crippen LogP contribution in [-0.4, -0.2) is 11.1 Å². The van der Waals surface area contributed by atoms with E-state index in [1.807, 2.05) is 36.4 Å². The van der Waals surface area contributed by atoms with Gasteiger partial charge in [0.2, 0.25) is 0 Å². The lowest BCUT2D eigenvalue weighted by molar-refractivity contribution is 0.0697. The fraction of sp³-hybridized carbons (Fsp3) is 0.167. The van der Waals surface area contributed by atoms with E-state index in [1.165, 1.54) is 0 Å². The molecule has 0 amide bonds. The molecule has 4 heteroatoms. The van der Waals surface area contributed by atoms with E-state index in [0.717, 1.165) is 68.7 Å². The van der Waals surface area contributed by atoms with Gasteiger partial charge in [0.05, 0.1) is 11.0 Å². The van der Waals surface area contributed by atoms with Gasteiger partial charge in [-0.2, -0.15) is 0 Å². The van der Waals surface area contributed by atoms with Crippen molar-refractivity contribution in [3.05, 3.63) is 118 Å². The number of hydrogen-bond acceptors (Lipinski definition) is 3. The summed E-state index contributed by atoms with van der Waals surface area (Å²) in [6.07, 6.45) is 1.61. The third-order valence-electron chi connectivity index (χ3n) is 7.21. The first-order valence-corrected chi connectivity index (χ1v) is 11.7. The molecule has 0 aliphatic heterocycles. The minimum absolute atomic E-state index is 0.309. The molecule has 0 saturated carbocycles. The van der Waals surface area contributed by atoms with E-state index in [9.17, 15) is 9.90 Å². The van der Waals surface area contributed by atoms with Crippen LogP contribution in [0.15, 0.2) is 78.9 Å². The largest absolute Gasteiger partial charge is 0.478 e. The summed E-state index contributed by atoms with van der Waals surface area (Å²) < 4.78 is 0. The topological polar surface area (TPSA) is 89.3 Å². The van der Waals surface area contributed by atoms with Crippen LogP contribution in [0.5, 0.6) is 0 Å². The van der Waals surface area contributed by atoms with Gasteiger partial charge in [0, 0.05) is 16.9 Å². The Bertz CT molecular complexity index is 1380. The molecule has 4 aromatic carbocycles. The van der Waals surface area contributed by atoms with Gasteiger partial charge in [0.15, 0.2) is 0 Å². The average molecular weight is 449 g/mol. The zero-order valence-electron chi connectivity index (χ0n) is 19.4. The summed E-state index contributed by atoms with van der Waals surface area (Å²) in [5.41, 5.74) is 21.8. The molecular formula is C30H28N2O2. The Hall–Kier alpha value is -4.05. The van der Waals surface area contributed by atoms with Gasteiger partial charge in [-0.1, -0.05) is 74.5 Å². The molecule has 4 nitrogen and oxygen atoms in total. The predicted octanol–water partition coefficient (Wildman–Crippen LogP) is 6.04. The Labute approximate surface area is 199 Å². The molecule has 0 aromatic heterocycles. The summed E-state index contributed by atoms with van der Waals surface area (Å²) in [4.78, 5) is 12.3. The molecule has 0 fully saturated rings. The minimum Gasteiger partial charge on any atom is -0.478 e. The number of carboxylic acids is 1. The fourth-order valence-electron chi connectivity index (χ4n) is 5.59. The van der Waals surface area contributed by atoms with Gasteiger partial charge in [-0.25, -0.2) is 4.79 Å². The van der Waals surface area contributed by atoms with Gasteiger partial charge in [0.25, 0.3) is 0 Å². The molecule has 0 atom stereocenters. The number of anilines is 2. The Morgan fingerprint density at radius 2 is 1.32 bits per heavy atom. The van der Waals surface area contributed by atoms with Crippen molar-refractivity contribution in [3.63, 3.8) is 0 Å². The average Bonchev–Trinajstić information content (AvgIpc) is 3.16. The number of rotatable bonds is 5. The highest BCUT2D eigenvalue weighted by atomic mass is 16.4. The number of aryl methyl sites for hydroxylation is 2. The molecule has 0 bridgehead atoms. The monoisotopic (exact) mass is 448 g/mol. The molecule has 0 radical (unpaired) electrons. The molecular weight excluding hydrogens is 420 g/mol. The second kappa shape index (κ2) is 8.07. The van der Waals surface area contributed by atoms with Gasteiger partial charge in [0.1, 0.15) is 0 Å². The van der Waals surface area contributed by atoms with Gasteiger partial charge in [-0.05, 0) is 70.0 Å². The molecule has 5 N–H and O–H groups in total. The van der Waals surface area contributed by atoms with Crippen molar-refractivity contribution in [3.8, 4) is 11.1 Å². The lowest BCUT2D eigenvalue weighted by Gasteiger charge is -2.35. The van der Waals surface area contributed by atoms with E-state index in [1.54, 1.807) is 6.07 Å². The molecule has 0 heterocycles. The van der Waals surface area contributed by atoms with Crippen molar-refractivity contribution < 1.29 is 9.90 Å². The maximum absolute atomic E-state index is 12.3. The van der Waals surface area contributed by atoms with Crippen LogP contribution in [0.1, 0.15) is 57.6 Å². The maximum atomic E-state index is 12.3. The van der Waals surface area contributed by atoms with Crippen molar-refractivity contribution in [2.75, 3.05) is 11.5 Å². The molecule has 1 aliphatic rings. The van der Waals surface area contributed by atoms with Crippen LogP contribution in [0.4, 0.5) is 11.4 Å². The van der Waals surface area contributed by atoms with Crippen LogP contribution in [0.3, 0.4) is 0 Å². The van der Waals surface area contributed by atoms with Crippen molar-refractivity contribution in [2.24, 2.45) is 0 Å². The Kier molecular flexibility index (Phi) is 5.17. The quantitative estimate of drug-likeness (QED) is 0.286. The van der Waals surface area contributed by atoms with Crippen molar-refractivity contribution in [1.29, 1.82) is 0 Å². The Morgan fingerprint density at radius 1 is 0.765 bits per heavy atom. The second-order valence-corrected chi connectivity index (χ2v) is 8.86. The first-order valence-electron chi connectivity index (χ1n) is 11.7. The summed E-state index contributed by atoms with van der Waals surface area (Å²) in [7, 11) is 0. The first-order chi connectivity index (χ1) is 16.4. The summed E-state index contributed by atoms with van der Waals surface area (Å²) in [5.74, 6) is -0.930. The number of benzene rings is 4. The minimum atomic E-state index is -0.930. The molecule has 34 heavy (non-hydrogen) atoms. The molecule has 0 unspecified atom stereocenters. The number of nitrogens with two attached hydrogens (primary N) is 2. The smallest absolute Gasteiger partial charge is 0.336 e. The number of hydrogen-bond donors (Lipinski definition) is 3. The Morgan fingerprint density at radius 3 is 1.88 bits per heavy atom. The van der Waals surface area contributed by atoms with Gasteiger partial charge in [-0.3, -0.25) is 0 Å². The van der Waals surface area contributed by atoms with Crippen molar-refractivity contribution in [1.82, 2.24) is 0 Å². The third kappa shape index (κ3) is 2.95. The molecule has 0 saturated heterocycles. The number of carboxylic acid groups (broad SMARTS) is 1. The zero-order chi connectivity index (χ0) is 24.0. The summed E-state index contributed by atoms with van der Waals surface area (Å²) in [6, 6.07) is 26.2. The summed E-state index contributed by atoms with van der Waals surface area (Å²) in [5, 5.41) is 10.1. The molecule has 5 rings (SSSR count). The summed E-state index contributed by atoms with van der Waals surface area (Å²) >= 11 is 0. The highest BCUT2D eigenvalue weighted by molar-refractivity contribution is 6.01. The van der Waals surface area contributed by atoms with Crippen LogP contribution < -0.4 is 11.5 Å². The van der Waals surface area contributed by atoms with Crippen molar-refractivity contribution >= 4 is 17.3 Å².